The van der Waals surface area contributed by atoms with Crippen molar-refractivity contribution in [3.05, 3.63) is 28.2 Å². The van der Waals surface area contributed by atoms with Gasteiger partial charge in [-0.3, -0.25) is 0 Å². The number of halogens is 1. The van der Waals surface area contributed by atoms with E-state index in [9.17, 15) is 10.2 Å². The van der Waals surface area contributed by atoms with Crippen LogP contribution < -0.4 is 5.32 Å². The van der Waals surface area contributed by atoms with Crippen molar-refractivity contribution in [3.8, 4) is 5.75 Å². The van der Waals surface area contributed by atoms with Gasteiger partial charge in [-0.1, -0.05) is 29.8 Å². The first-order valence-electron chi connectivity index (χ1n) is 6.43. The van der Waals surface area contributed by atoms with Crippen molar-refractivity contribution in [3.63, 3.8) is 0 Å². The largest absolute Gasteiger partial charge is 0.508 e. The predicted molar refractivity (Wildman–Crippen MR) is 79.2 cm³/mol. The van der Waals surface area contributed by atoms with Crippen LogP contribution in [-0.4, -0.2) is 36.1 Å². The van der Waals surface area contributed by atoms with E-state index in [1.54, 1.807) is 12.1 Å². The van der Waals surface area contributed by atoms with Crippen molar-refractivity contribution >= 4 is 15.9 Å². The summed E-state index contributed by atoms with van der Waals surface area (Å²) in [5.41, 5.74) is 0.796. The molecule has 0 fully saturated rings. The quantitative estimate of drug-likeness (QED) is 0.683. The third kappa shape index (κ3) is 6.92. The molecule has 0 aromatic heterocycles. The van der Waals surface area contributed by atoms with E-state index in [2.05, 4.69) is 35.1 Å². The molecule has 1 aromatic carbocycles. The normalized spacial score (nSPS) is 12.9. The number of benzene rings is 1. The van der Waals surface area contributed by atoms with Gasteiger partial charge in [0.1, 0.15) is 5.75 Å². The highest BCUT2D eigenvalue weighted by atomic mass is 79.9. The third-order valence-corrected chi connectivity index (χ3v) is 2.99. The lowest BCUT2D eigenvalue weighted by atomic mass is 10.2. The summed E-state index contributed by atoms with van der Waals surface area (Å²) in [5.74, 6) is 0.722. The molecule has 0 bridgehead atoms. The summed E-state index contributed by atoms with van der Waals surface area (Å²) in [7, 11) is 0. The van der Waals surface area contributed by atoms with Gasteiger partial charge in [-0.15, -0.1) is 0 Å². The molecule has 1 unspecified atom stereocenters. The first-order valence-corrected chi connectivity index (χ1v) is 7.22. The molecular weight excluding hydrogens is 310 g/mol. The van der Waals surface area contributed by atoms with Gasteiger partial charge in [0.05, 0.1) is 12.7 Å². The Bertz CT molecular complexity index is 385. The zero-order valence-electron chi connectivity index (χ0n) is 11.4. The van der Waals surface area contributed by atoms with Crippen LogP contribution in [0.15, 0.2) is 22.7 Å². The molecular formula is C14H22BrNO3. The molecule has 1 rings (SSSR count). The molecule has 5 heteroatoms. The Morgan fingerprint density at radius 1 is 1.32 bits per heavy atom. The molecule has 0 heterocycles. The fourth-order valence-electron chi connectivity index (χ4n) is 1.57. The lowest BCUT2D eigenvalue weighted by molar-refractivity contribution is 0.0260. The summed E-state index contributed by atoms with van der Waals surface area (Å²) >= 11 is 3.36. The lowest BCUT2D eigenvalue weighted by Crippen LogP contribution is -2.30. The SMILES string of the molecule is CC(C)COCC(O)CNCc1cc(Br)ccc1O. The summed E-state index contributed by atoms with van der Waals surface area (Å²) in [4.78, 5) is 0. The molecule has 108 valence electrons. The average Bonchev–Trinajstić information content (AvgIpc) is 2.33. The predicted octanol–water partition coefficient (Wildman–Crippen LogP) is 2.28. The minimum Gasteiger partial charge on any atom is -0.508 e. The van der Waals surface area contributed by atoms with Crippen LogP contribution in [0.2, 0.25) is 0 Å². The van der Waals surface area contributed by atoms with Crippen LogP contribution in [0.4, 0.5) is 0 Å². The summed E-state index contributed by atoms with van der Waals surface area (Å²) in [5, 5.41) is 22.5. The Kier molecular flexibility index (Phi) is 7.38. The Hall–Kier alpha value is -0.620. The number of aliphatic hydroxyl groups is 1. The molecule has 0 aliphatic heterocycles. The average molecular weight is 332 g/mol. The zero-order valence-corrected chi connectivity index (χ0v) is 13.0. The van der Waals surface area contributed by atoms with E-state index in [1.807, 2.05) is 6.07 Å². The van der Waals surface area contributed by atoms with Gasteiger partial charge in [-0.05, 0) is 24.1 Å². The van der Waals surface area contributed by atoms with E-state index in [-0.39, 0.29) is 5.75 Å². The first kappa shape index (κ1) is 16.4. The second-order valence-electron chi connectivity index (χ2n) is 4.99. The van der Waals surface area contributed by atoms with Crippen LogP contribution in [0.25, 0.3) is 0 Å². The number of ether oxygens (including phenoxy) is 1. The van der Waals surface area contributed by atoms with Crippen LogP contribution in [-0.2, 0) is 11.3 Å². The molecule has 1 aromatic rings. The Labute approximate surface area is 122 Å². The van der Waals surface area contributed by atoms with Crippen LogP contribution in [0.1, 0.15) is 19.4 Å². The summed E-state index contributed by atoms with van der Waals surface area (Å²) in [6.45, 7) is 6.07. The van der Waals surface area contributed by atoms with Crippen LogP contribution >= 0.6 is 15.9 Å². The van der Waals surface area contributed by atoms with Crippen molar-refractivity contribution in [2.75, 3.05) is 19.8 Å². The molecule has 0 radical (unpaired) electrons. The van der Waals surface area contributed by atoms with Gasteiger partial charge < -0.3 is 20.3 Å². The van der Waals surface area contributed by atoms with E-state index < -0.39 is 6.10 Å². The van der Waals surface area contributed by atoms with Crippen molar-refractivity contribution in [2.24, 2.45) is 5.92 Å². The molecule has 0 spiro atoms. The highest BCUT2D eigenvalue weighted by Gasteiger charge is 2.06. The van der Waals surface area contributed by atoms with Crippen LogP contribution in [0.5, 0.6) is 5.75 Å². The second-order valence-corrected chi connectivity index (χ2v) is 5.90. The molecule has 4 nitrogen and oxygen atoms in total. The number of rotatable bonds is 8. The topological polar surface area (TPSA) is 61.7 Å². The summed E-state index contributed by atoms with van der Waals surface area (Å²) < 4.78 is 6.27. The maximum Gasteiger partial charge on any atom is 0.120 e. The first-order chi connectivity index (χ1) is 8.99. The number of phenols is 1. The number of nitrogens with one attached hydrogen (secondary N) is 1. The Balaban J connectivity index is 2.24. The van der Waals surface area contributed by atoms with Crippen molar-refractivity contribution in [1.29, 1.82) is 0 Å². The smallest absolute Gasteiger partial charge is 0.120 e. The van der Waals surface area contributed by atoms with Gasteiger partial charge in [-0.2, -0.15) is 0 Å². The second kappa shape index (κ2) is 8.53. The maximum absolute atomic E-state index is 9.70. The summed E-state index contributed by atoms with van der Waals surface area (Å²) in [6, 6.07) is 5.28. The minimum atomic E-state index is -0.534. The number of phenolic OH excluding ortho intramolecular Hbond substituents is 1. The monoisotopic (exact) mass is 331 g/mol. The van der Waals surface area contributed by atoms with E-state index in [4.69, 9.17) is 4.74 Å². The van der Waals surface area contributed by atoms with Gasteiger partial charge >= 0.3 is 0 Å². The highest BCUT2D eigenvalue weighted by molar-refractivity contribution is 9.10. The van der Waals surface area contributed by atoms with Gasteiger partial charge in [0.25, 0.3) is 0 Å². The van der Waals surface area contributed by atoms with E-state index >= 15 is 0 Å². The molecule has 0 saturated heterocycles. The number of aromatic hydroxyl groups is 1. The number of aliphatic hydroxyl groups excluding tert-OH is 1. The van der Waals surface area contributed by atoms with Crippen molar-refractivity contribution in [1.82, 2.24) is 5.32 Å². The van der Waals surface area contributed by atoms with Gasteiger partial charge in [0.2, 0.25) is 0 Å². The fourth-order valence-corrected chi connectivity index (χ4v) is 1.98. The zero-order chi connectivity index (χ0) is 14.3. The van der Waals surface area contributed by atoms with Crippen molar-refractivity contribution in [2.45, 2.75) is 26.5 Å². The minimum absolute atomic E-state index is 0.251. The molecule has 0 aliphatic rings. The van der Waals surface area contributed by atoms with E-state index in [1.165, 1.54) is 0 Å². The maximum atomic E-state index is 9.70. The third-order valence-electron chi connectivity index (χ3n) is 2.50. The lowest BCUT2D eigenvalue weighted by Gasteiger charge is -2.14. The standard InChI is InChI=1S/C14H22BrNO3/c1-10(2)8-19-9-13(17)7-16-6-11-5-12(15)3-4-14(11)18/h3-5,10,13,16-18H,6-9H2,1-2H3. The number of hydrogen-bond acceptors (Lipinski definition) is 4. The van der Waals surface area contributed by atoms with Gasteiger partial charge in [0.15, 0.2) is 0 Å². The Morgan fingerprint density at radius 2 is 2.05 bits per heavy atom. The van der Waals surface area contributed by atoms with Crippen molar-refractivity contribution < 1.29 is 14.9 Å². The van der Waals surface area contributed by atoms with Crippen LogP contribution in [0.3, 0.4) is 0 Å². The van der Waals surface area contributed by atoms with E-state index in [0.717, 1.165) is 10.0 Å². The molecule has 1 atom stereocenters. The number of hydrogen-bond donors (Lipinski definition) is 3. The Morgan fingerprint density at radius 3 is 2.74 bits per heavy atom. The van der Waals surface area contributed by atoms with Crippen LogP contribution in [0, 0.1) is 5.92 Å². The summed E-state index contributed by atoms with van der Waals surface area (Å²) in [6.07, 6.45) is -0.534. The highest BCUT2D eigenvalue weighted by Crippen LogP contribution is 2.21. The van der Waals surface area contributed by atoms with Gasteiger partial charge in [-0.25, -0.2) is 0 Å². The molecule has 0 saturated carbocycles. The molecule has 19 heavy (non-hydrogen) atoms. The molecule has 0 aliphatic carbocycles. The molecule has 3 N–H and O–H groups in total. The van der Waals surface area contributed by atoms with Gasteiger partial charge in [0, 0.05) is 29.7 Å². The van der Waals surface area contributed by atoms with E-state index in [0.29, 0.717) is 32.2 Å². The fraction of sp³-hybridized carbons (Fsp3) is 0.571. The molecule has 0 amide bonds.